The number of benzene rings is 1. The monoisotopic (exact) mass is 213 g/mol. The predicted molar refractivity (Wildman–Crippen MR) is 68.4 cm³/mol. The summed E-state index contributed by atoms with van der Waals surface area (Å²) in [7, 11) is 4.06. The summed E-state index contributed by atoms with van der Waals surface area (Å²) in [5.41, 5.74) is 9.00. The van der Waals surface area contributed by atoms with Gasteiger partial charge in [-0.05, 0) is 18.2 Å². The molecule has 3 nitrogen and oxygen atoms in total. The number of nitrogen functional groups attached to an aromatic ring is 1. The Labute approximate surface area is 95.5 Å². The van der Waals surface area contributed by atoms with Crippen LogP contribution in [0.1, 0.15) is 0 Å². The SMILES string of the molecule is CN(C)c1ccccc1-c1ccc(N)nc1. The van der Waals surface area contributed by atoms with Crippen LogP contribution >= 0.6 is 0 Å². The summed E-state index contributed by atoms with van der Waals surface area (Å²) in [4.78, 5) is 6.20. The lowest BCUT2D eigenvalue weighted by molar-refractivity contribution is 1.13. The van der Waals surface area contributed by atoms with Gasteiger partial charge in [-0.3, -0.25) is 0 Å². The molecule has 2 N–H and O–H groups in total. The van der Waals surface area contributed by atoms with Crippen molar-refractivity contribution in [2.45, 2.75) is 0 Å². The molecule has 0 aliphatic carbocycles. The average molecular weight is 213 g/mol. The van der Waals surface area contributed by atoms with Crippen molar-refractivity contribution in [3.05, 3.63) is 42.6 Å². The van der Waals surface area contributed by atoms with Crippen LogP contribution in [0, 0.1) is 0 Å². The fourth-order valence-electron chi connectivity index (χ4n) is 1.67. The quantitative estimate of drug-likeness (QED) is 0.833. The van der Waals surface area contributed by atoms with Crippen molar-refractivity contribution in [3.8, 4) is 11.1 Å². The molecule has 0 saturated heterocycles. The molecule has 0 fully saturated rings. The van der Waals surface area contributed by atoms with Gasteiger partial charge in [0.2, 0.25) is 0 Å². The van der Waals surface area contributed by atoms with Crippen molar-refractivity contribution >= 4 is 11.5 Å². The van der Waals surface area contributed by atoms with Gasteiger partial charge in [0.1, 0.15) is 5.82 Å². The van der Waals surface area contributed by atoms with E-state index in [1.54, 1.807) is 6.20 Å². The molecule has 0 amide bonds. The van der Waals surface area contributed by atoms with Gasteiger partial charge >= 0.3 is 0 Å². The maximum absolute atomic E-state index is 5.58. The van der Waals surface area contributed by atoms with Crippen molar-refractivity contribution < 1.29 is 0 Å². The number of hydrogen-bond acceptors (Lipinski definition) is 3. The summed E-state index contributed by atoms with van der Waals surface area (Å²) in [6.45, 7) is 0. The van der Waals surface area contributed by atoms with Gasteiger partial charge in [-0.1, -0.05) is 18.2 Å². The third kappa shape index (κ3) is 1.98. The summed E-state index contributed by atoms with van der Waals surface area (Å²) >= 11 is 0. The van der Waals surface area contributed by atoms with Crippen LogP contribution in [0.15, 0.2) is 42.6 Å². The zero-order valence-corrected chi connectivity index (χ0v) is 9.51. The van der Waals surface area contributed by atoms with Gasteiger partial charge in [0.05, 0.1) is 0 Å². The first kappa shape index (κ1) is 10.5. The van der Waals surface area contributed by atoms with E-state index in [1.807, 2.05) is 38.4 Å². The molecule has 0 aliphatic heterocycles. The molecule has 2 rings (SSSR count). The standard InChI is InChI=1S/C13H15N3/c1-16(2)12-6-4-3-5-11(12)10-7-8-13(14)15-9-10/h3-9H,1-2H3,(H2,14,15). The molecule has 1 aromatic heterocycles. The van der Waals surface area contributed by atoms with Crippen molar-refractivity contribution in [2.75, 3.05) is 24.7 Å². The number of pyridine rings is 1. The molecule has 82 valence electrons. The van der Waals surface area contributed by atoms with Crippen LogP contribution < -0.4 is 10.6 Å². The van der Waals surface area contributed by atoms with E-state index in [1.165, 1.54) is 11.3 Å². The molecule has 0 bridgehead atoms. The van der Waals surface area contributed by atoms with E-state index in [2.05, 4.69) is 22.0 Å². The molecule has 1 heterocycles. The Morgan fingerprint density at radius 1 is 1.06 bits per heavy atom. The molecular formula is C13H15N3. The highest BCUT2D eigenvalue weighted by Crippen LogP contribution is 2.29. The van der Waals surface area contributed by atoms with Crippen LogP contribution in [0.5, 0.6) is 0 Å². The fourth-order valence-corrected chi connectivity index (χ4v) is 1.67. The Morgan fingerprint density at radius 3 is 2.44 bits per heavy atom. The molecule has 1 aromatic carbocycles. The Bertz CT molecular complexity index is 475. The zero-order chi connectivity index (χ0) is 11.5. The summed E-state index contributed by atoms with van der Waals surface area (Å²) in [5, 5.41) is 0. The number of nitrogens with zero attached hydrogens (tertiary/aromatic N) is 2. The first-order valence-electron chi connectivity index (χ1n) is 5.17. The molecule has 2 aromatic rings. The second-order valence-corrected chi connectivity index (χ2v) is 3.88. The van der Waals surface area contributed by atoms with E-state index in [0.717, 1.165) is 5.56 Å². The van der Waals surface area contributed by atoms with Gasteiger partial charge in [-0.15, -0.1) is 0 Å². The molecule has 0 saturated carbocycles. The van der Waals surface area contributed by atoms with Gasteiger partial charge in [0.25, 0.3) is 0 Å². The number of nitrogens with two attached hydrogens (primary N) is 1. The van der Waals surface area contributed by atoms with E-state index in [0.29, 0.717) is 5.82 Å². The van der Waals surface area contributed by atoms with Crippen molar-refractivity contribution in [1.29, 1.82) is 0 Å². The Balaban J connectivity index is 2.51. The van der Waals surface area contributed by atoms with Crippen molar-refractivity contribution in [2.24, 2.45) is 0 Å². The third-order valence-corrected chi connectivity index (χ3v) is 2.48. The lowest BCUT2D eigenvalue weighted by atomic mass is 10.1. The molecular weight excluding hydrogens is 198 g/mol. The van der Waals surface area contributed by atoms with E-state index in [9.17, 15) is 0 Å². The molecule has 0 radical (unpaired) electrons. The molecule has 0 unspecified atom stereocenters. The molecule has 0 atom stereocenters. The molecule has 3 heteroatoms. The second kappa shape index (κ2) is 4.23. The smallest absolute Gasteiger partial charge is 0.123 e. The molecule has 16 heavy (non-hydrogen) atoms. The van der Waals surface area contributed by atoms with Gasteiger partial charge in [-0.25, -0.2) is 4.98 Å². The van der Waals surface area contributed by atoms with Crippen LogP contribution in [-0.4, -0.2) is 19.1 Å². The minimum atomic E-state index is 0.547. The highest BCUT2D eigenvalue weighted by atomic mass is 15.1. The van der Waals surface area contributed by atoms with E-state index in [-0.39, 0.29) is 0 Å². The van der Waals surface area contributed by atoms with Crippen LogP contribution in [0.2, 0.25) is 0 Å². The fraction of sp³-hybridized carbons (Fsp3) is 0.154. The predicted octanol–water partition coefficient (Wildman–Crippen LogP) is 2.40. The number of hydrogen-bond donors (Lipinski definition) is 1. The van der Waals surface area contributed by atoms with Gasteiger partial charge < -0.3 is 10.6 Å². The first-order valence-corrected chi connectivity index (χ1v) is 5.17. The summed E-state index contributed by atoms with van der Waals surface area (Å²) < 4.78 is 0. The second-order valence-electron chi connectivity index (χ2n) is 3.88. The number of anilines is 2. The normalized spacial score (nSPS) is 10.1. The minimum Gasteiger partial charge on any atom is -0.384 e. The van der Waals surface area contributed by atoms with Crippen LogP contribution in [0.3, 0.4) is 0 Å². The Kier molecular flexibility index (Phi) is 2.77. The first-order chi connectivity index (χ1) is 7.68. The molecule has 0 spiro atoms. The maximum atomic E-state index is 5.58. The van der Waals surface area contributed by atoms with Gasteiger partial charge in [-0.2, -0.15) is 0 Å². The zero-order valence-electron chi connectivity index (χ0n) is 9.51. The van der Waals surface area contributed by atoms with Crippen LogP contribution in [0.25, 0.3) is 11.1 Å². The Hall–Kier alpha value is -2.03. The topological polar surface area (TPSA) is 42.1 Å². The largest absolute Gasteiger partial charge is 0.384 e. The van der Waals surface area contributed by atoms with Crippen molar-refractivity contribution in [3.63, 3.8) is 0 Å². The van der Waals surface area contributed by atoms with Crippen LogP contribution in [-0.2, 0) is 0 Å². The summed E-state index contributed by atoms with van der Waals surface area (Å²) in [6.07, 6.45) is 1.80. The van der Waals surface area contributed by atoms with Crippen molar-refractivity contribution in [1.82, 2.24) is 4.98 Å². The summed E-state index contributed by atoms with van der Waals surface area (Å²) in [6, 6.07) is 12.0. The van der Waals surface area contributed by atoms with Gasteiger partial charge in [0.15, 0.2) is 0 Å². The third-order valence-electron chi connectivity index (χ3n) is 2.48. The number of aromatic nitrogens is 1. The van der Waals surface area contributed by atoms with E-state index >= 15 is 0 Å². The highest BCUT2D eigenvalue weighted by Gasteiger charge is 2.05. The van der Waals surface area contributed by atoms with Crippen LogP contribution in [0.4, 0.5) is 11.5 Å². The van der Waals surface area contributed by atoms with E-state index < -0.39 is 0 Å². The number of para-hydroxylation sites is 1. The Morgan fingerprint density at radius 2 is 1.81 bits per heavy atom. The van der Waals surface area contributed by atoms with E-state index in [4.69, 9.17) is 5.73 Å². The molecule has 0 aliphatic rings. The lowest BCUT2D eigenvalue weighted by Gasteiger charge is -2.17. The average Bonchev–Trinajstić information content (AvgIpc) is 2.30. The highest BCUT2D eigenvalue weighted by molar-refractivity contribution is 5.78. The number of rotatable bonds is 2. The lowest BCUT2D eigenvalue weighted by Crippen LogP contribution is -2.09. The van der Waals surface area contributed by atoms with Gasteiger partial charge in [0, 0.05) is 37.1 Å². The minimum absolute atomic E-state index is 0.547. The maximum Gasteiger partial charge on any atom is 0.123 e. The summed E-state index contributed by atoms with van der Waals surface area (Å²) in [5.74, 6) is 0.547.